The minimum atomic E-state index is -0.570. The number of aryl methyl sites for hydroxylation is 1. The molecule has 2 heterocycles. The summed E-state index contributed by atoms with van der Waals surface area (Å²) in [6, 6.07) is 3.65. The van der Waals surface area contributed by atoms with Crippen LogP contribution in [0.25, 0.3) is 11.4 Å². The van der Waals surface area contributed by atoms with E-state index in [9.17, 15) is 4.79 Å². The van der Waals surface area contributed by atoms with Gasteiger partial charge in [0.2, 0.25) is 5.95 Å². The first-order chi connectivity index (χ1) is 10.8. The Balaban J connectivity index is 2.33. The number of carbonyl (C=O) groups excluding carboxylic acids is 1. The third-order valence-corrected chi connectivity index (χ3v) is 3.21. The number of pyridine rings is 1. The van der Waals surface area contributed by atoms with E-state index in [1.54, 1.807) is 24.1 Å². The first-order valence-electron chi connectivity index (χ1n) is 7.20. The largest absolute Gasteiger partial charge is 0.443 e. The minimum Gasteiger partial charge on any atom is -0.443 e. The van der Waals surface area contributed by atoms with Crippen molar-refractivity contribution >= 4 is 28.0 Å². The molecule has 0 atom stereocenters. The molecule has 2 aromatic rings. The van der Waals surface area contributed by atoms with Gasteiger partial charge < -0.3 is 4.74 Å². The van der Waals surface area contributed by atoms with Crippen LogP contribution in [-0.2, 0) is 11.3 Å². The molecule has 0 aliphatic rings. The summed E-state index contributed by atoms with van der Waals surface area (Å²) < 4.78 is 7.06. The first kappa shape index (κ1) is 17.4. The average molecular weight is 382 g/mol. The molecular weight excluding hydrogens is 362 g/mol. The van der Waals surface area contributed by atoms with Gasteiger partial charge in [0, 0.05) is 30.3 Å². The predicted octanol–water partition coefficient (Wildman–Crippen LogP) is 3.11. The van der Waals surface area contributed by atoms with Crippen molar-refractivity contribution in [3.05, 3.63) is 24.5 Å². The molecular formula is C15H20BrN5O2. The highest BCUT2D eigenvalue weighted by Crippen LogP contribution is 2.21. The van der Waals surface area contributed by atoms with E-state index in [1.807, 2.05) is 32.9 Å². The van der Waals surface area contributed by atoms with E-state index in [2.05, 4.69) is 31.0 Å². The van der Waals surface area contributed by atoms with Gasteiger partial charge in [0.05, 0.1) is 6.54 Å². The summed E-state index contributed by atoms with van der Waals surface area (Å²) in [5.74, 6) is 0.976. The summed E-state index contributed by atoms with van der Waals surface area (Å²) >= 11 is 3.39. The zero-order chi connectivity index (χ0) is 17.0. The van der Waals surface area contributed by atoms with Crippen molar-refractivity contribution in [3.63, 3.8) is 0 Å². The van der Waals surface area contributed by atoms with Crippen LogP contribution in [-0.4, -0.2) is 43.8 Å². The van der Waals surface area contributed by atoms with E-state index in [0.717, 1.165) is 5.56 Å². The number of amides is 1. The molecule has 0 N–H and O–H groups in total. The van der Waals surface area contributed by atoms with Gasteiger partial charge in [-0.05, 0) is 32.9 Å². The SMILES string of the molecule is CN(C(=O)OC(C)(C)C)c1nc(-c2ccncc2)nn1CCBr. The summed E-state index contributed by atoms with van der Waals surface area (Å²) in [4.78, 5) is 22.1. The smallest absolute Gasteiger partial charge is 0.416 e. The van der Waals surface area contributed by atoms with Crippen LogP contribution in [0, 0.1) is 0 Å². The molecule has 0 radical (unpaired) electrons. The second-order valence-corrected chi connectivity index (χ2v) is 6.72. The van der Waals surface area contributed by atoms with Crippen LogP contribution < -0.4 is 4.90 Å². The maximum absolute atomic E-state index is 12.3. The van der Waals surface area contributed by atoms with E-state index >= 15 is 0 Å². The molecule has 0 aliphatic heterocycles. The second kappa shape index (κ2) is 7.08. The summed E-state index contributed by atoms with van der Waals surface area (Å²) in [5, 5.41) is 5.16. The van der Waals surface area contributed by atoms with Gasteiger partial charge in [-0.2, -0.15) is 4.98 Å². The van der Waals surface area contributed by atoms with Gasteiger partial charge in [-0.1, -0.05) is 15.9 Å². The van der Waals surface area contributed by atoms with E-state index in [4.69, 9.17) is 4.74 Å². The molecule has 2 rings (SSSR count). The lowest BCUT2D eigenvalue weighted by molar-refractivity contribution is 0.0586. The number of nitrogens with zero attached hydrogens (tertiary/aromatic N) is 5. The lowest BCUT2D eigenvalue weighted by Crippen LogP contribution is -2.35. The maximum Gasteiger partial charge on any atom is 0.416 e. The van der Waals surface area contributed by atoms with Gasteiger partial charge in [-0.15, -0.1) is 5.10 Å². The maximum atomic E-state index is 12.3. The summed E-state index contributed by atoms with van der Waals surface area (Å²) in [6.45, 7) is 6.06. The summed E-state index contributed by atoms with van der Waals surface area (Å²) in [7, 11) is 1.62. The van der Waals surface area contributed by atoms with Crippen LogP contribution in [0.3, 0.4) is 0 Å². The van der Waals surface area contributed by atoms with Crippen molar-refractivity contribution in [2.45, 2.75) is 32.9 Å². The highest BCUT2D eigenvalue weighted by molar-refractivity contribution is 9.09. The zero-order valence-corrected chi connectivity index (χ0v) is 15.2. The Kier molecular flexibility index (Phi) is 5.35. The van der Waals surface area contributed by atoms with Crippen LogP contribution in [0.1, 0.15) is 20.8 Å². The number of alkyl halides is 1. The van der Waals surface area contributed by atoms with Crippen LogP contribution in [0.2, 0.25) is 0 Å². The first-order valence-corrected chi connectivity index (χ1v) is 8.32. The summed E-state index contributed by atoms with van der Waals surface area (Å²) in [6.07, 6.45) is 2.89. The topological polar surface area (TPSA) is 73.1 Å². The monoisotopic (exact) mass is 381 g/mol. The lowest BCUT2D eigenvalue weighted by atomic mass is 10.2. The Morgan fingerprint density at radius 1 is 1.35 bits per heavy atom. The van der Waals surface area contributed by atoms with Crippen molar-refractivity contribution in [2.24, 2.45) is 0 Å². The molecule has 0 spiro atoms. The number of carbonyl (C=O) groups is 1. The van der Waals surface area contributed by atoms with Gasteiger partial charge >= 0.3 is 6.09 Å². The highest BCUT2D eigenvalue weighted by Gasteiger charge is 2.25. The summed E-state index contributed by atoms with van der Waals surface area (Å²) in [5.41, 5.74) is 0.270. The molecule has 0 saturated carbocycles. The van der Waals surface area contributed by atoms with E-state index in [0.29, 0.717) is 23.6 Å². The third kappa shape index (κ3) is 4.51. The van der Waals surface area contributed by atoms with E-state index in [-0.39, 0.29) is 0 Å². The molecule has 0 fully saturated rings. The minimum absolute atomic E-state index is 0.436. The number of hydrogen-bond acceptors (Lipinski definition) is 5. The molecule has 0 aromatic carbocycles. The number of rotatable bonds is 4. The number of halogens is 1. The Labute approximate surface area is 143 Å². The van der Waals surface area contributed by atoms with Crippen LogP contribution in [0.4, 0.5) is 10.7 Å². The third-order valence-electron chi connectivity index (χ3n) is 2.85. The van der Waals surface area contributed by atoms with Crippen molar-refractivity contribution < 1.29 is 9.53 Å². The standard InChI is InChI=1S/C15H20BrN5O2/c1-15(2,3)23-14(22)20(4)13-18-12(19-21(13)10-7-16)11-5-8-17-9-6-11/h5-6,8-9H,7,10H2,1-4H3. The Hall–Kier alpha value is -1.96. The molecule has 0 aliphatic carbocycles. The van der Waals surface area contributed by atoms with Crippen LogP contribution in [0.15, 0.2) is 24.5 Å². The van der Waals surface area contributed by atoms with Crippen molar-refractivity contribution in [1.82, 2.24) is 19.7 Å². The molecule has 0 saturated heterocycles. The van der Waals surface area contributed by atoms with Gasteiger partial charge in [0.15, 0.2) is 5.82 Å². The van der Waals surface area contributed by atoms with Crippen molar-refractivity contribution in [3.8, 4) is 11.4 Å². The van der Waals surface area contributed by atoms with Crippen molar-refractivity contribution in [1.29, 1.82) is 0 Å². The Bertz CT molecular complexity index is 666. The van der Waals surface area contributed by atoms with Gasteiger partial charge in [0.25, 0.3) is 0 Å². The van der Waals surface area contributed by atoms with Crippen molar-refractivity contribution in [2.75, 3.05) is 17.3 Å². The number of ether oxygens (including phenoxy) is 1. The quantitative estimate of drug-likeness (QED) is 0.760. The number of hydrogen-bond donors (Lipinski definition) is 0. The van der Waals surface area contributed by atoms with Crippen LogP contribution in [0.5, 0.6) is 0 Å². The molecule has 23 heavy (non-hydrogen) atoms. The normalized spacial score (nSPS) is 11.3. The fourth-order valence-electron chi connectivity index (χ4n) is 1.85. The Morgan fingerprint density at radius 3 is 2.57 bits per heavy atom. The lowest BCUT2D eigenvalue weighted by Gasteiger charge is -2.23. The van der Waals surface area contributed by atoms with Gasteiger partial charge in [-0.25, -0.2) is 14.4 Å². The van der Waals surface area contributed by atoms with Gasteiger partial charge in [-0.3, -0.25) is 4.98 Å². The van der Waals surface area contributed by atoms with E-state index < -0.39 is 11.7 Å². The molecule has 0 bridgehead atoms. The number of aromatic nitrogens is 4. The second-order valence-electron chi connectivity index (χ2n) is 5.92. The molecule has 0 unspecified atom stereocenters. The predicted molar refractivity (Wildman–Crippen MR) is 91.7 cm³/mol. The molecule has 1 amide bonds. The molecule has 7 nitrogen and oxygen atoms in total. The molecule has 2 aromatic heterocycles. The molecule has 124 valence electrons. The Morgan fingerprint density at radius 2 is 2.00 bits per heavy atom. The average Bonchev–Trinajstić information content (AvgIpc) is 2.90. The highest BCUT2D eigenvalue weighted by atomic mass is 79.9. The molecule has 8 heteroatoms. The van der Waals surface area contributed by atoms with Crippen LogP contribution >= 0.6 is 15.9 Å². The van der Waals surface area contributed by atoms with Gasteiger partial charge in [0.1, 0.15) is 5.60 Å². The zero-order valence-electron chi connectivity index (χ0n) is 13.7. The fourth-order valence-corrected chi connectivity index (χ4v) is 2.18. The fraction of sp³-hybridized carbons (Fsp3) is 0.467. The van der Waals surface area contributed by atoms with E-state index in [1.165, 1.54) is 4.90 Å². The number of anilines is 1.